The van der Waals surface area contributed by atoms with E-state index in [-0.39, 0.29) is 0 Å². The molecule has 0 aliphatic rings. The molecule has 0 saturated carbocycles. The van der Waals surface area contributed by atoms with Crippen LogP contribution in [0.25, 0.3) is 0 Å². The Balaban J connectivity index is 1.76. The molecule has 2 aromatic carbocycles. The standard InChI is InChI=1S/C24H28N2/c1-20(2)16-23-14-9-15-24(25-23)19-26(17-21-10-5-3-6-11-21)18-22-12-7-4-8-13-22/h3-15,20H,16-19H2,1-2H3. The molecule has 0 bridgehead atoms. The fourth-order valence-corrected chi connectivity index (χ4v) is 3.23. The molecule has 3 aromatic rings. The van der Waals surface area contributed by atoms with Crippen molar-refractivity contribution in [1.82, 2.24) is 9.88 Å². The average molecular weight is 345 g/mol. The monoisotopic (exact) mass is 344 g/mol. The normalized spacial score (nSPS) is 11.2. The molecule has 0 fully saturated rings. The van der Waals surface area contributed by atoms with Gasteiger partial charge in [0.2, 0.25) is 0 Å². The molecule has 0 radical (unpaired) electrons. The average Bonchev–Trinajstić information content (AvgIpc) is 2.63. The van der Waals surface area contributed by atoms with Crippen LogP contribution in [0.15, 0.2) is 78.9 Å². The zero-order valence-corrected chi connectivity index (χ0v) is 15.8. The zero-order valence-electron chi connectivity index (χ0n) is 15.8. The largest absolute Gasteiger partial charge is 0.289 e. The lowest BCUT2D eigenvalue weighted by Gasteiger charge is -2.22. The van der Waals surface area contributed by atoms with Crippen LogP contribution >= 0.6 is 0 Å². The minimum atomic E-state index is 0.627. The third-order valence-electron chi connectivity index (χ3n) is 4.37. The molecule has 2 heteroatoms. The van der Waals surface area contributed by atoms with Crippen molar-refractivity contribution in [3.05, 3.63) is 101 Å². The molecule has 134 valence electrons. The van der Waals surface area contributed by atoms with Gasteiger partial charge in [-0.1, -0.05) is 80.6 Å². The maximum Gasteiger partial charge on any atom is 0.0547 e. The molecule has 1 heterocycles. The highest BCUT2D eigenvalue weighted by Gasteiger charge is 2.10. The molecule has 0 aliphatic carbocycles. The van der Waals surface area contributed by atoms with Crippen molar-refractivity contribution in [2.45, 2.75) is 39.9 Å². The van der Waals surface area contributed by atoms with E-state index in [1.54, 1.807) is 0 Å². The Labute approximate surface area is 157 Å². The van der Waals surface area contributed by atoms with Crippen LogP contribution < -0.4 is 0 Å². The van der Waals surface area contributed by atoms with E-state index in [4.69, 9.17) is 4.98 Å². The topological polar surface area (TPSA) is 16.1 Å². The highest BCUT2D eigenvalue weighted by molar-refractivity contribution is 5.18. The van der Waals surface area contributed by atoms with Crippen LogP contribution in [-0.2, 0) is 26.1 Å². The number of nitrogens with zero attached hydrogens (tertiary/aromatic N) is 2. The summed E-state index contributed by atoms with van der Waals surface area (Å²) in [6.07, 6.45) is 1.03. The molecule has 1 aromatic heterocycles. The molecule has 0 amide bonds. The van der Waals surface area contributed by atoms with Gasteiger partial charge in [-0.2, -0.15) is 0 Å². The summed E-state index contributed by atoms with van der Waals surface area (Å²) in [7, 11) is 0. The summed E-state index contributed by atoms with van der Waals surface area (Å²) < 4.78 is 0. The minimum Gasteiger partial charge on any atom is -0.289 e. The van der Waals surface area contributed by atoms with Crippen molar-refractivity contribution in [3.63, 3.8) is 0 Å². The van der Waals surface area contributed by atoms with Crippen LogP contribution in [0.1, 0.15) is 36.4 Å². The van der Waals surface area contributed by atoms with E-state index >= 15 is 0 Å². The van der Waals surface area contributed by atoms with E-state index in [1.807, 2.05) is 0 Å². The van der Waals surface area contributed by atoms with Crippen LogP contribution in [0.3, 0.4) is 0 Å². The molecular formula is C24H28N2. The summed E-state index contributed by atoms with van der Waals surface area (Å²) in [4.78, 5) is 7.36. The highest BCUT2D eigenvalue weighted by atomic mass is 15.1. The Kier molecular flexibility index (Phi) is 6.56. The molecule has 26 heavy (non-hydrogen) atoms. The van der Waals surface area contributed by atoms with Gasteiger partial charge in [0.25, 0.3) is 0 Å². The van der Waals surface area contributed by atoms with Crippen molar-refractivity contribution in [3.8, 4) is 0 Å². The number of hydrogen-bond acceptors (Lipinski definition) is 2. The SMILES string of the molecule is CC(C)Cc1cccc(CN(Cc2ccccc2)Cc2ccccc2)n1. The van der Waals surface area contributed by atoms with Gasteiger partial charge in [0.05, 0.1) is 5.69 Å². The maximum absolute atomic E-state index is 4.89. The second kappa shape index (κ2) is 9.30. The third kappa shape index (κ3) is 5.82. The van der Waals surface area contributed by atoms with Gasteiger partial charge in [-0.3, -0.25) is 9.88 Å². The Bertz CT molecular complexity index is 740. The number of benzene rings is 2. The summed E-state index contributed by atoms with van der Waals surface area (Å²) in [6.45, 7) is 7.18. The fourth-order valence-electron chi connectivity index (χ4n) is 3.23. The molecule has 0 atom stereocenters. The van der Waals surface area contributed by atoms with E-state index in [1.165, 1.54) is 16.8 Å². The van der Waals surface area contributed by atoms with Gasteiger partial charge < -0.3 is 0 Å². The van der Waals surface area contributed by atoms with E-state index < -0.39 is 0 Å². The van der Waals surface area contributed by atoms with Crippen LogP contribution in [-0.4, -0.2) is 9.88 Å². The molecule has 0 N–H and O–H groups in total. The van der Waals surface area contributed by atoms with E-state index in [0.29, 0.717) is 5.92 Å². The second-order valence-electron chi connectivity index (χ2n) is 7.33. The molecule has 0 unspecified atom stereocenters. The van der Waals surface area contributed by atoms with Crippen LogP contribution in [0.5, 0.6) is 0 Å². The lowest BCUT2D eigenvalue weighted by Crippen LogP contribution is -2.23. The highest BCUT2D eigenvalue weighted by Crippen LogP contribution is 2.14. The predicted octanol–water partition coefficient (Wildman–Crippen LogP) is 5.48. The summed E-state index contributed by atoms with van der Waals surface area (Å²) in [5.41, 5.74) is 5.01. The summed E-state index contributed by atoms with van der Waals surface area (Å²) >= 11 is 0. The molecule has 3 rings (SSSR count). The van der Waals surface area contributed by atoms with E-state index in [0.717, 1.165) is 31.7 Å². The van der Waals surface area contributed by atoms with Crippen molar-refractivity contribution in [2.24, 2.45) is 5.92 Å². The first-order valence-corrected chi connectivity index (χ1v) is 9.44. The van der Waals surface area contributed by atoms with Crippen molar-refractivity contribution in [1.29, 1.82) is 0 Å². The Hall–Kier alpha value is -2.45. The van der Waals surface area contributed by atoms with Crippen molar-refractivity contribution >= 4 is 0 Å². The smallest absolute Gasteiger partial charge is 0.0547 e. The number of hydrogen-bond donors (Lipinski definition) is 0. The molecule has 0 spiro atoms. The quantitative estimate of drug-likeness (QED) is 0.538. The van der Waals surface area contributed by atoms with Gasteiger partial charge in [-0.25, -0.2) is 0 Å². The van der Waals surface area contributed by atoms with Gasteiger partial charge in [0.1, 0.15) is 0 Å². The first-order chi connectivity index (χ1) is 12.7. The molecule has 0 saturated heterocycles. The van der Waals surface area contributed by atoms with Gasteiger partial charge in [0.15, 0.2) is 0 Å². The second-order valence-corrected chi connectivity index (χ2v) is 7.33. The Morgan fingerprint density at radius 3 is 1.73 bits per heavy atom. The fraction of sp³-hybridized carbons (Fsp3) is 0.292. The number of aromatic nitrogens is 1. The van der Waals surface area contributed by atoms with Gasteiger partial charge in [-0.15, -0.1) is 0 Å². The summed E-state index contributed by atoms with van der Waals surface area (Å²) in [5, 5.41) is 0. The van der Waals surface area contributed by atoms with Crippen molar-refractivity contribution in [2.75, 3.05) is 0 Å². The van der Waals surface area contributed by atoms with Crippen LogP contribution in [0.2, 0.25) is 0 Å². The predicted molar refractivity (Wildman–Crippen MR) is 109 cm³/mol. The first-order valence-electron chi connectivity index (χ1n) is 9.44. The third-order valence-corrected chi connectivity index (χ3v) is 4.37. The number of rotatable bonds is 8. The van der Waals surface area contributed by atoms with Gasteiger partial charge >= 0.3 is 0 Å². The zero-order chi connectivity index (χ0) is 18.2. The van der Waals surface area contributed by atoms with Crippen LogP contribution in [0, 0.1) is 5.92 Å². The lowest BCUT2D eigenvalue weighted by molar-refractivity contribution is 0.244. The van der Waals surface area contributed by atoms with Gasteiger partial charge in [0, 0.05) is 25.3 Å². The Morgan fingerprint density at radius 1 is 0.654 bits per heavy atom. The molecule has 2 nitrogen and oxygen atoms in total. The number of pyridine rings is 1. The Morgan fingerprint density at radius 2 is 1.19 bits per heavy atom. The minimum absolute atomic E-state index is 0.627. The first kappa shape index (κ1) is 18.3. The molecular weight excluding hydrogens is 316 g/mol. The maximum atomic E-state index is 4.89. The van der Waals surface area contributed by atoms with Gasteiger partial charge in [-0.05, 0) is 35.6 Å². The summed E-state index contributed by atoms with van der Waals surface area (Å²) in [5.74, 6) is 0.627. The van der Waals surface area contributed by atoms with Crippen LogP contribution in [0.4, 0.5) is 0 Å². The van der Waals surface area contributed by atoms with E-state index in [9.17, 15) is 0 Å². The molecule has 0 aliphatic heterocycles. The van der Waals surface area contributed by atoms with Crippen molar-refractivity contribution < 1.29 is 0 Å². The van der Waals surface area contributed by atoms with E-state index in [2.05, 4.69) is 97.6 Å². The lowest BCUT2D eigenvalue weighted by atomic mass is 10.1. The summed E-state index contributed by atoms with van der Waals surface area (Å²) in [6, 6.07) is 27.8.